The molecule has 0 amide bonds. The molecule has 0 bridgehead atoms. The van der Waals surface area contributed by atoms with E-state index in [-0.39, 0.29) is 5.56 Å². The fourth-order valence-corrected chi connectivity index (χ4v) is 1.83. The molecule has 2 nitrogen and oxygen atoms in total. The molecule has 0 aromatic heterocycles. The quantitative estimate of drug-likeness (QED) is 0.819. The van der Waals surface area contributed by atoms with Crippen LogP contribution in [0.2, 0.25) is 0 Å². The molecule has 0 spiro atoms. The Bertz CT molecular complexity index is 602. The lowest BCUT2D eigenvalue weighted by atomic mass is 9.99. The average molecular weight is 241 g/mol. The number of halogens is 1. The second-order valence-electron chi connectivity index (χ2n) is 3.70. The predicted octanol–water partition coefficient (Wildman–Crippen LogP) is 3.76. The zero-order chi connectivity index (χ0) is 13.0. The van der Waals surface area contributed by atoms with Gasteiger partial charge in [-0.15, -0.1) is 0 Å². The molecule has 0 aliphatic rings. The second-order valence-corrected chi connectivity index (χ2v) is 3.70. The van der Waals surface area contributed by atoms with Crippen molar-refractivity contribution in [3.8, 4) is 22.9 Å². The highest BCUT2D eigenvalue weighted by Gasteiger charge is 2.13. The van der Waals surface area contributed by atoms with Crippen LogP contribution in [-0.4, -0.2) is 6.61 Å². The van der Waals surface area contributed by atoms with Crippen LogP contribution in [0.5, 0.6) is 5.75 Å². The molecule has 0 N–H and O–H groups in total. The van der Waals surface area contributed by atoms with Crippen molar-refractivity contribution < 1.29 is 9.13 Å². The highest BCUT2D eigenvalue weighted by molar-refractivity contribution is 5.75. The molecule has 0 aliphatic carbocycles. The van der Waals surface area contributed by atoms with Gasteiger partial charge in [0.1, 0.15) is 17.6 Å². The first kappa shape index (κ1) is 12.1. The molecule has 18 heavy (non-hydrogen) atoms. The number of para-hydroxylation sites is 1. The van der Waals surface area contributed by atoms with E-state index in [2.05, 4.69) is 0 Å². The molecule has 0 fully saturated rings. The standard InChI is InChI=1S/C15H12FNO/c1-2-18-15-9-4-3-6-12(15)11-7-5-8-14(16)13(11)10-17/h3-9H,2H2,1H3. The lowest BCUT2D eigenvalue weighted by Crippen LogP contribution is -1.96. The van der Waals surface area contributed by atoms with E-state index in [1.807, 2.05) is 37.3 Å². The van der Waals surface area contributed by atoms with Crippen molar-refractivity contribution in [2.45, 2.75) is 6.92 Å². The zero-order valence-corrected chi connectivity index (χ0v) is 9.98. The van der Waals surface area contributed by atoms with Crippen LogP contribution < -0.4 is 4.74 Å². The summed E-state index contributed by atoms with van der Waals surface area (Å²) in [6.07, 6.45) is 0. The Labute approximate surface area is 105 Å². The van der Waals surface area contributed by atoms with Gasteiger partial charge in [-0.3, -0.25) is 0 Å². The number of nitriles is 1. The molecular formula is C15H12FNO. The van der Waals surface area contributed by atoms with E-state index in [0.717, 1.165) is 5.56 Å². The third kappa shape index (κ3) is 2.18. The third-order valence-electron chi connectivity index (χ3n) is 2.60. The monoisotopic (exact) mass is 241 g/mol. The summed E-state index contributed by atoms with van der Waals surface area (Å²) >= 11 is 0. The molecule has 0 unspecified atom stereocenters. The van der Waals surface area contributed by atoms with Gasteiger partial charge >= 0.3 is 0 Å². The second kappa shape index (κ2) is 5.33. The molecule has 0 heterocycles. The van der Waals surface area contributed by atoms with Crippen molar-refractivity contribution >= 4 is 0 Å². The van der Waals surface area contributed by atoms with Gasteiger partial charge in [0.2, 0.25) is 0 Å². The number of benzene rings is 2. The molecule has 0 radical (unpaired) electrons. The normalized spacial score (nSPS) is 9.83. The minimum atomic E-state index is -0.513. The minimum Gasteiger partial charge on any atom is -0.493 e. The summed E-state index contributed by atoms with van der Waals surface area (Å²) in [6, 6.07) is 13.8. The van der Waals surface area contributed by atoms with Crippen LogP contribution in [0.15, 0.2) is 42.5 Å². The Morgan fingerprint density at radius 1 is 1.11 bits per heavy atom. The first-order valence-corrected chi connectivity index (χ1v) is 5.68. The molecular weight excluding hydrogens is 229 g/mol. The summed E-state index contributed by atoms with van der Waals surface area (Å²) in [5, 5.41) is 9.05. The van der Waals surface area contributed by atoms with Gasteiger partial charge in [0.05, 0.1) is 12.2 Å². The fraction of sp³-hybridized carbons (Fsp3) is 0.133. The molecule has 2 rings (SSSR count). The first-order valence-electron chi connectivity index (χ1n) is 5.68. The largest absolute Gasteiger partial charge is 0.493 e. The highest BCUT2D eigenvalue weighted by atomic mass is 19.1. The van der Waals surface area contributed by atoms with Crippen molar-refractivity contribution in [1.29, 1.82) is 5.26 Å². The number of ether oxygens (including phenoxy) is 1. The van der Waals surface area contributed by atoms with Crippen molar-refractivity contribution in [1.82, 2.24) is 0 Å². The van der Waals surface area contributed by atoms with Gasteiger partial charge in [0.25, 0.3) is 0 Å². The highest BCUT2D eigenvalue weighted by Crippen LogP contribution is 2.32. The molecule has 2 aromatic rings. The van der Waals surface area contributed by atoms with Crippen LogP contribution in [0, 0.1) is 17.1 Å². The molecule has 0 aliphatic heterocycles. The maximum Gasteiger partial charge on any atom is 0.141 e. The fourth-order valence-electron chi connectivity index (χ4n) is 1.83. The maximum atomic E-state index is 13.6. The average Bonchev–Trinajstić information content (AvgIpc) is 2.39. The summed E-state index contributed by atoms with van der Waals surface area (Å²) in [5.41, 5.74) is 1.33. The summed E-state index contributed by atoms with van der Waals surface area (Å²) in [5.74, 6) is 0.142. The van der Waals surface area contributed by atoms with E-state index in [1.165, 1.54) is 6.07 Å². The number of hydrogen-bond acceptors (Lipinski definition) is 2. The van der Waals surface area contributed by atoms with Crippen molar-refractivity contribution in [2.24, 2.45) is 0 Å². The van der Waals surface area contributed by atoms with E-state index in [0.29, 0.717) is 17.9 Å². The van der Waals surface area contributed by atoms with Crippen LogP contribution in [0.25, 0.3) is 11.1 Å². The third-order valence-corrected chi connectivity index (χ3v) is 2.60. The van der Waals surface area contributed by atoms with E-state index < -0.39 is 5.82 Å². The van der Waals surface area contributed by atoms with Crippen LogP contribution in [0.1, 0.15) is 12.5 Å². The number of hydrogen-bond donors (Lipinski definition) is 0. The van der Waals surface area contributed by atoms with Crippen LogP contribution in [-0.2, 0) is 0 Å². The Morgan fingerprint density at radius 3 is 2.56 bits per heavy atom. The minimum absolute atomic E-state index is 0.0460. The lowest BCUT2D eigenvalue weighted by Gasteiger charge is -2.11. The Kier molecular flexibility index (Phi) is 3.59. The van der Waals surface area contributed by atoms with Gasteiger partial charge < -0.3 is 4.74 Å². The van der Waals surface area contributed by atoms with Crippen LogP contribution in [0.3, 0.4) is 0 Å². The molecule has 2 aromatic carbocycles. The summed E-state index contributed by atoms with van der Waals surface area (Å²) in [7, 11) is 0. The van der Waals surface area contributed by atoms with Crippen molar-refractivity contribution in [3.05, 3.63) is 53.8 Å². The van der Waals surface area contributed by atoms with Gasteiger partial charge in [0.15, 0.2) is 0 Å². The smallest absolute Gasteiger partial charge is 0.141 e. The zero-order valence-electron chi connectivity index (χ0n) is 9.98. The Hall–Kier alpha value is -2.34. The molecule has 0 atom stereocenters. The van der Waals surface area contributed by atoms with Gasteiger partial charge in [-0.25, -0.2) is 4.39 Å². The number of rotatable bonds is 3. The number of nitrogens with zero attached hydrogens (tertiary/aromatic N) is 1. The van der Waals surface area contributed by atoms with Gasteiger partial charge in [-0.05, 0) is 19.1 Å². The summed E-state index contributed by atoms with van der Waals surface area (Å²) in [6.45, 7) is 2.40. The molecule has 90 valence electrons. The SMILES string of the molecule is CCOc1ccccc1-c1cccc(F)c1C#N. The Balaban J connectivity index is 2.63. The summed E-state index contributed by atoms with van der Waals surface area (Å²) in [4.78, 5) is 0. The van der Waals surface area contributed by atoms with E-state index in [1.54, 1.807) is 12.1 Å². The van der Waals surface area contributed by atoms with Gasteiger partial charge in [-0.1, -0.05) is 30.3 Å². The topological polar surface area (TPSA) is 33.0 Å². The van der Waals surface area contributed by atoms with Crippen LogP contribution in [0.4, 0.5) is 4.39 Å². The predicted molar refractivity (Wildman–Crippen MR) is 67.7 cm³/mol. The molecule has 0 saturated carbocycles. The van der Waals surface area contributed by atoms with Crippen LogP contribution >= 0.6 is 0 Å². The van der Waals surface area contributed by atoms with E-state index in [9.17, 15) is 4.39 Å². The maximum absolute atomic E-state index is 13.6. The van der Waals surface area contributed by atoms with E-state index >= 15 is 0 Å². The first-order chi connectivity index (χ1) is 8.77. The van der Waals surface area contributed by atoms with Crippen molar-refractivity contribution in [3.63, 3.8) is 0 Å². The van der Waals surface area contributed by atoms with Crippen molar-refractivity contribution in [2.75, 3.05) is 6.61 Å². The Morgan fingerprint density at radius 2 is 1.83 bits per heavy atom. The lowest BCUT2D eigenvalue weighted by molar-refractivity contribution is 0.341. The molecule has 3 heteroatoms. The van der Waals surface area contributed by atoms with Gasteiger partial charge in [0, 0.05) is 11.1 Å². The van der Waals surface area contributed by atoms with Gasteiger partial charge in [-0.2, -0.15) is 5.26 Å². The molecule has 0 saturated heterocycles. The summed E-state index contributed by atoms with van der Waals surface area (Å²) < 4.78 is 19.1. The van der Waals surface area contributed by atoms with E-state index in [4.69, 9.17) is 10.00 Å².